The zero-order valence-electron chi connectivity index (χ0n) is 14.1. The Balaban J connectivity index is 2.46. The van der Waals surface area contributed by atoms with E-state index in [0.717, 1.165) is 5.56 Å². The van der Waals surface area contributed by atoms with Gasteiger partial charge in [0.2, 0.25) is 0 Å². The van der Waals surface area contributed by atoms with Gasteiger partial charge in [-0.1, -0.05) is 30.3 Å². The summed E-state index contributed by atoms with van der Waals surface area (Å²) in [5.41, 5.74) is 0.157. The number of carboxylic acid groups (broad SMARTS) is 1. The molecule has 1 amide bonds. The van der Waals surface area contributed by atoms with Crippen LogP contribution in [0.3, 0.4) is 0 Å². The van der Waals surface area contributed by atoms with Crippen molar-refractivity contribution in [1.29, 1.82) is 0 Å². The molecule has 2 unspecified atom stereocenters. The van der Waals surface area contributed by atoms with Gasteiger partial charge in [0, 0.05) is 0 Å². The second-order valence-corrected chi connectivity index (χ2v) is 8.77. The minimum atomic E-state index is -0.928. The summed E-state index contributed by atoms with van der Waals surface area (Å²) in [4.78, 5) is 25.3. The molecule has 1 aliphatic heterocycles. The normalized spacial score (nSPS) is 23.6. The number of aliphatic carboxylic acids is 1. The zero-order valence-corrected chi connectivity index (χ0v) is 14.9. The molecule has 1 N–H and O–H groups in total. The number of benzene rings is 1. The Morgan fingerprint density at radius 1 is 1.22 bits per heavy atom. The van der Waals surface area contributed by atoms with Crippen LogP contribution in [-0.4, -0.2) is 37.8 Å². The summed E-state index contributed by atoms with van der Waals surface area (Å²) in [5, 5.41) is 8.87. The fourth-order valence-corrected chi connectivity index (χ4v) is 4.14. The minimum absolute atomic E-state index is 0.493. The highest BCUT2D eigenvalue weighted by Gasteiger charge is 2.54. The number of ether oxygens (including phenoxy) is 1. The molecule has 2 atom stereocenters. The second kappa shape index (κ2) is 6.07. The Morgan fingerprint density at radius 2 is 1.78 bits per heavy atom. The maximum Gasteiger partial charge on any atom is 0.411 e. The first kappa shape index (κ1) is 17.7. The molecular formula is C17H23NO4S. The van der Waals surface area contributed by atoms with Gasteiger partial charge in [0.05, 0.1) is 10.9 Å². The summed E-state index contributed by atoms with van der Waals surface area (Å²) in [6, 6.07) is 8.68. The van der Waals surface area contributed by atoms with Crippen LogP contribution in [0.2, 0.25) is 0 Å². The van der Waals surface area contributed by atoms with Gasteiger partial charge in [0.25, 0.3) is 0 Å². The van der Waals surface area contributed by atoms with E-state index in [1.807, 2.05) is 44.2 Å². The summed E-state index contributed by atoms with van der Waals surface area (Å²) in [6.07, 6.45) is -0.493. The van der Waals surface area contributed by atoms with Crippen LogP contribution in [0.5, 0.6) is 0 Å². The van der Waals surface area contributed by atoms with Gasteiger partial charge in [0.15, 0.2) is 0 Å². The maximum atomic E-state index is 12.7. The standard InChI is InChI=1S/C17H23NO4S/c1-16(2,3)22-15(21)18-12(11-9-7-6-8-10-11)13(14(19)20)23-17(18,4)5/h6-10,12-13H,1-5H3,(H,19,20). The molecule has 0 bridgehead atoms. The van der Waals surface area contributed by atoms with E-state index in [1.54, 1.807) is 25.7 Å². The number of nitrogens with zero attached hydrogens (tertiary/aromatic N) is 1. The van der Waals surface area contributed by atoms with Gasteiger partial charge in [-0.2, -0.15) is 0 Å². The molecule has 2 rings (SSSR count). The molecule has 1 saturated heterocycles. The number of thioether (sulfide) groups is 1. The molecule has 1 aliphatic rings. The van der Waals surface area contributed by atoms with E-state index in [9.17, 15) is 14.7 Å². The van der Waals surface area contributed by atoms with Crippen LogP contribution >= 0.6 is 11.8 Å². The summed E-state index contributed by atoms with van der Waals surface area (Å²) < 4.78 is 5.52. The van der Waals surface area contributed by atoms with Crippen LogP contribution in [0.4, 0.5) is 4.79 Å². The molecule has 1 aromatic carbocycles. The highest BCUT2D eigenvalue weighted by Crippen LogP contribution is 2.51. The van der Waals surface area contributed by atoms with Gasteiger partial charge in [-0.05, 0) is 40.2 Å². The minimum Gasteiger partial charge on any atom is -0.480 e. The van der Waals surface area contributed by atoms with Crippen molar-refractivity contribution in [3.63, 3.8) is 0 Å². The van der Waals surface area contributed by atoms with Crippen molar-refractivity contribution in [3.8, 4) is 0 Å². The van der Waals surface area contributed by atoms with Crippen LogP contribution in [0.1, 0.15) is 46.2 Å². The monoisotopic (exact) mass is 337 g/mol. The van der Waals surface area contributed by atoms with Gasteiger partial charge in [-0.3, -0.25) is 9.69 Å². The van der Waals surface area contributed by atoms with Crippen molar-refractivity contribution in [2.24, 2.45) is 0 Å². The van der Waals surface area contributed by atoms with E-state index >= 15 is 0 Å². The van der Waals surface area contributed by atoms with Gasteiger partial charge in [0.1, 0.15) is 10.9 Å². The van der Waals surface area contributed by atoms with Gasteiger partial charge in [-0.25, -0.2) is 4.79 Å². The molecule has 5 nitrogen and oxygen atoms in total. The number of rotatable bonds is 2. The van der Waals surface area contributed by atoms with Crippen LogP contribution in [-0.2, 0) is 9.53 Å². The van der Waals surface area contributed by atoms with Crippen LogP contribution in [0.15, 0.2) is 30.3 Å². The molecule has 0 aliphatic carbocycles. The van der Waals surface area contributed by atoms with E-state index in [-0.39, 0.29) is 0 Å². The highest BCUT2D eigenvalue weighted by atomic mass is 32.2. The van der Waals surface area contributed by atoms with E-state index in [2.05, 4.69) is 0 Å². The van der Waals surface area contributed by atoms with Crippen molar-refractivity contribution < 1.29 is 19.4 Å². The fraction of sp³-hybridized carbons (Fsp3) is 0.529. The summed E-state index contributed by atoms with van der Waals surface area (Å²) in [7, 11) is 0. The van der Waals surface area contributed by atoms with E-state index in [1.165, 1.54) is 11.8 Å². The largest absolute Gasteiger partial charge is 0.480 e. The summed E-state index contributed by atoms with van der Waals surface area (Å²) in [6.45, 7) is 9.09. The maximum absolute atomic E-state index is 12.7. The average molecular weight is 337 g/mol. The Bertz CT molecular complexity index is 594. The van der Waals surface area contributed by atoms with Gasteiger partial charge in [-0.15, -0.1) is 11.8 Å². The smallest absolute Gasteiger partial charge is 0.411 e. The van der Waals surface area contributed by atoms with Crippen molar-refractivity contribution in [3.05, 3.63) is 35.9 Å². The first-order valence-corrected chi connectivity index (χ1v) is 8.39. The molecule has 0 radical (unpaired) electrons. The predicted molar refractivity (Wildman–Crippen MR) is 90.3 cm³/mol. The molecule has 1 aromatic rings. The van der Waals surface area contributed by atoms with Gasteiger partial charge < -0.3 is 9.84 Å². The zero-order chi connectivity index (χ0) is 17.4. The van der Waals surface area contributed by atoms with Crippen molar-refractivity contribution in [2.45, 2.75) is 56.4 Å². The molecule has 1 heterocycles. The molecular weight excluding hydrogens is 314 g/mol. The van der Waals surface area contributed by atoms with E-state index in [4.69, 9.17) is 4.74 Å². The quantitative estimate of drug-likeness (QED) is 0.886. The number of hydrogen-bond acceptors (Lipinski definition) is 4. The average Bonchev–Trinajstić information content (AvgIpc) is 2.69. The topological polar surface area (TPSA) is 66.8 Å². The molecule has 0 aromatic heterocycles. The summed E-state index contributed by atoms with van der Waals surface area (Å²) in [5.74, 6) is -0.928. The molecule has 0 spiro atoms. The molecule has 0 saturated carbocycles. The highest BCUT2D eigenvalue weighted by molar-refractivity contribution is 8.02. The van der Waals surface area contributed by atoms with E-state index in [0.29, 0.717) is 0 Å². The second-order valence-electron chi connectivity index (χ2n) is 7.03. The van der Waals surface area contributed by atoms with Crippen LogP contribution < -0.4 is 0 Å². The first-order chi connectivity index (χ1) is 10.5. The third-order valence-electron chi connectivity index (χ3n) is 3.54. The Morgan fingerprint density at radius 3 is 2.26 bits per heavy atom. The number of carbonyl (C=O) groups is 2. The Labute approximate surface area is 141 Å². The van der Waals surface area contributed by atoms with Crippen molar-refractivity contribution in [2.75, 3.05) is 0 Å². The summed E-state index contributed by atoms with van der Waals surface area (Å²) >= 11 is 1.27. The van der Waals surface area contributed by atoms with E-state index < -0.39 is 33.8 Å². The lowest BCUT2D eigenvalue weighted by atomic mass is 10.0. The Hall–Kier alpha value is -1.69. The molecule has 126 valence electrons. The Kier molecular flexibility index (Phi) is 4.66. The number of hydrogen-bond donors (Lipinski definition) is 1. The van der Waals surface area contributed by atoms with Crippen molar-refractivity contribution >= 4 is 23.8 Å². The van der Waals surface area contributed by atoms with Crippen LogP contribution in [0.25, 0.3) is 0 Å². The predicted octanol–water partition coefficient (Wildman–Crippen LogP) is 3.90. The lowest BCUT2D eigenvalue weighted by Crippen LogP contribution is -2.46. The SMILES string of the molecule is CC(C)(C)OC(=O)N1C(c2ccccc2)C(C(=O)O)SC1(C)C. The third-order valence-corrected chi connectivity index (χ3v) is 5.02. The number of amides is 1. The molecule has 1 fully saturated rings. The van der Waals surface area contributed by atoms with Gasteiger partial charge >= 0.3 is 12.1 Å². The molecule has 6 heteroatoms. The lowest BCUT2D eigenvalue weighted by molar-refractivity contribution is -0.137. The fourth-order valence-electron chi connectivity index (χ4n) is 2.71. The third kappa shape index (κ3) is 3.80. The number of carboxylic acids is 1. The lowest BCUT2D eigenvalue weighted by Gasteiger charge is -2.36. The number of carbonyl (C=O) groups excluding carboxylic acids is 1. The molecule has 23 heavy (non-hydrogen) atoms. The first-order valence-electron chi connectivity index (χ1n) is 7.51. The van der Waals surface area contributed by atoms with Crippen molar-refractivity contribution in [1.82, 2.24) is 4.90 Å². The van der Waals surface area contributed by atoms with Crippen LogP contribution in [0, 0.1) is 0 Å².